The zero-order valence-corrected chi connectivity index (χ0v) is 12.7. The summed E-state index contributed by atoms with van der Waals surface area (Å²) in [6, 6.07) is 17.8. The number of rotatable bonds is 6. The molecule has 0 aliphatic heterocycles. The van der Waals surface area contributed by atoms with Crippen LogP contribution in [0.3, 0.4) is 0 Å². The van der Waals surface area contributed by atoms with Gasteiger partial charge in [-0.05, 0) is 16.7 Å². The minimum absolute atomic E-state index is 0.0379. The van der Waals surface area contributed by atoms with E-state index in [9.17, 15) is 9.90 Å². The zero-order valence-electron chi connectivity index (χ0n) is 12.7. The van der Waals surface area contributed by atoms with Gasteiger partial charge in [-0.15, -0.1) is 0 Å². The fraction of sp³-hybridized carbons (Fsp3) is 0.211. The van der Waals surface area contributed by atoms with Crippen molar-refractivity contribution >= 4 is 12.0 Å². The second kappa shape index (κ2) is 8.15. The van der Waals surface area contributed by atoms with Crippen molar-refractivity contribution in [3.8, 4) is 0 Å². The maximum Gasteiger partial charge on any atom is 0.217 e. The Bertz CT molecular complexity index is 618. The van der Waals surface area contributed by atoms with Crippen LogP contribution < -0.4 is 5.32 Å². The second-order valence-electron chi connectivity index (χ2n) is 5.21. The van der Waals surface area contributed by atoms with Crippen LogP contribution in [0.25, 0.3) is 6.08 Å². The van der Waals surface area contributed by atoms with Gasteiger partial charge in [0.2, 0.25) is 5.91 Å². The molecule has 1 atom stereocenters. The Labute approximate surface area is 131 Å². The lowest BCUT2D eigenvalue weighted by atomic mass is 10.0. The molecular formula is C19H21NO2. The Morgan fingerprint density at radius 2 is 1.82 bits per heavy atom. The summed E-state index contributed by atoms with van der Waals surface area (Å²) in [6.07, 6.45) is 3.96. The molecule has 0 saturated carbocycles. The average Bonchev–Trinajstić information content (AvgIpc) is 2.53. The molecule has 2 N–H and O–H groups in total. The lowest BCUT2D eigenvalue weighted by Gasteiger charge is -2.11. The highest BCUT2D eigenvalue weighted by atomic mass is 16.3. The molecule has 0 bridgehead atoms. The first-order valence-corrected chi connectivity index (χ1v) is 7.38. The third-order valence-corrected chi connectivity index (χ3v) is 3.37. The molecule has 0 aliphatic rings. The molecule has 2 aromatic carbocycles. The van der Waals surface area contributed by atoms with Gasteiger partial charge in [0.25, 0.3) is 0 Å². The van der Waals surface area contributed by atoms with Crippen molar-refractivity contribution in [1.29, 1.82) is 0 Å². The van der Waals surface area contributed by atoms with E-state index in [1.54, 1.807) is 0 Å². The minimum atomic E-state index is -0.500. The first kappa shape index (κ1) is 16.0. The highest BCUT2D eigenvalue weighted by molar-refractivity contribution is 5.73. The number of hydrogen-bond acceptors (Lipinski definition) is 2. The highest BCUT2D eigenvalue weighted by Gasteiger charge is 2.07. The van der Waals surface area contributed by atoms with Crippen molar-refractivity contribution in [3.63, 3.8) is 0 Å². The predicted octanol–water partition coefficient (Wildman–Crippen LogP) is 3.11. The van der Waals surface area contributed by atoms with E-state index in [0.29, 0.717) is 13.0 Å². The summed E-state index contributed by atoms with van der Waals surface area (Å²) in [5.74, 6) is -0.0379. The normalized spacial score (nSPS) is 12.3. The van der Waals surface area contributed by atoms with Crippen LogP contribution >= 0.6 is 0 Å². The molecule has 3 heteroatoms. The van der Waals surface area contributed by atoms with Gasteiger partial charge in [-0.2, -0.15) is 0 Å². The molecule has 2 aromatic rings. The van der Waals surface area contributed by atoms with Gasteiger partial charge in [0.05, 0.1) is 6.10 Å². The number of carbonyl (C=O) groups is 1. The molecule has 0 fully saturated rings. The zero-order chi connectivity index (χ0) is 15.8. The highest BCUT2D eigenvalue weighted by Crippen LogP contribution is 2.19. The lowest BCUT2D eigenvalue weighted by molar-refractivity contribution is -0.118. The molecule has 2 rings (SSSR count). The Kier molecular flexibility index (Phi) is 5.92. The van der Waals surface area contributed by atoms with Crippen molar-refractivity contribution in [2.24, 2.45) is 0 Å². The van der Waals surface area contributed by atoms with Crippen LogP contribution in [0.4, 0.5) is 0 Å². The average molecular weight is 295 g/mol. The van der Waals surface area contributed by atoms with E-state index < -0.39 is 6.10 Å². The van der Waals surface area contributed by atoms with Crippen molar-refractivity contribution in [1.82, 2.24) is 5.32 Å². The minimum Gasteiger partial charge on any atom is -0.388 e. The number of amides is 1. The van der Waals surface area contributed by atoms with Gasteiger partial charge in [0, 0.05) is 19.9 Å². The Balaban J connectivity index is 1.92. The standard InChI is InChI=1S/C19H21NO2/c1-15(21)20-13-5-8-16-9-11-18(12-10-16)19(22)14-17-6-3-2-4-7-17/h2-12,19,22H,13-14H2,1H3,(H,20,21)/b8-5+. The van der Waals surface area contributed by atoms with Gasteiger partial charge >= 0.3 is 0 Å². The summed E-state index contributed by atoms with van der Waals surface area (Å²) in [6.45, 7) is 2.02. The van der Waals surface area contributed by atoms with E-state index in [2.05, 4.69) is 5.32 Å². The lowest BCUT2D eigenvalue weighted by Crippen LogP contribution is -2.19. The maximum atomic E-state index is 10.8. The van der Waals surface area contributed by atoms with E-state index in [1.807, 2.05) is 66.7 Å². The number of aliphatic hydroxyl groups is 1. The number of nitrogens with one attached hydrogen (secondary N) is 1. The third kappa shape index (κ3) is 5.19. The fourth-order valence-corrected chi connectivity index (χ4v) is 2.18. The molecule has 114 valence electrons. The van der Waals surface area contributed by atoms with E-state index in [4.69, 9.17) is 0 Å². The Hall–Kier alpha value is -2.39. The number of aliphatic hydroxyl groups excluding tert-OH is 1. The van der Waals surface area contributed by atoms with Crippen LogP contribution in [0.1, 0.15) is 29.7 Å². The van der Waals surface area contributed by atoms with E-state index in [1.165, 1.54) is 6.92 Å². The Morgan fingerprint density at radius 1 is 1.14 bits per heavy atom. The number of benzene rings is 2. The molecule has 22 heavy (non-hydrogen) atoms. The molecular weight excluding hydrogens is 274 g/mol. The number of carbonyl (C=O) groups excluding carboxylic acids is 1. The monoisotopic (exact) mass is 295 g/mol. The van der Waals surface area contributed by atoms with Crippen molar-refractivity contribution in [2.75, 3.05) is 6.54 Å². The SMILES string of the molecule is CC(=O)NC/C=C/c1ccc(C(O)Cc2ccccc2)cc1. The molecule has 0 aliphatic carbocycles. The van der Waals surface area contributed by atoms with Crippen LogP contribution in [0.15, 0.2) is 60.7 Å². The third-order valence-electron chi connectivity index (χ3n) is 3.37. The van der Waals surface area contributed by atoms with Crippen LogP contribution in [-0.4, -0.2) is 17.6 Å². The van der Waals surface area contributed by atoms with Gasteiger partial charge in [-0.3, -0.25) is 4.79 Å². The van der Waals surface area contributed by atoms with Crippen molar-refractivity contribution in [2.45, 2.75) is 19.4 Å². The van der Waals surface area contributed by atoms with E-state index >= 15 is 0 Å². The first-order chi connectivity index (χ1) is 10.6. The summed E-state index contributed by atoms with van der Waals surface area (Å²) < 4.78 is 0. The second-order valence-corrected chi connectivity index (χ2v) is 5.21. The molecule has 3 nitrogen and oxygen atoms in total. The van der Waals surface area contributed by atoms with E-state index in [0.717, 1.165) is 16.7 Å². The summed E-state index contributed by atoms with van der Waals surface area (Å²) in [4.78, 5) is 10.8. The summed E-state index contributed by atoms with van der Waals surface area (Å²) in [7, 11) is 0. The van der Waals surface area contributed by atoms with Gasteiger partial charge in [0.15, 0.2) is 0 Å². The van der Waals surface area contributed by atoms with E-state index in [-0.39, 0.29) is 5.91 Å². The van der Waals surface area contributed by atoms with Crippen LogP contribution in [-0.2, 0) is 11.2 Å². The van der Waals surface area contributed by atoms with Crippen LogP contribution in [0.2, 0.25) is 0 Å². The van der Waals surface area contributed by atoms with Crippen LogP contribution in [0.5, 0.6) is 0 Å². The van der Waals surface area contributed by atoms with Gasteiger partial charge in [0.1, 0.15) is 0 Å². The van der Waals surface area contributed by atoms with Gasteiger partial charge in [-0.25, -0.2) is 0 Å². The Morgan fingerprint density at radius 3 is 2.45 bits per heavy atom. The largest absolute Gasteiger partial charge is 0.388 e. The van der Waals surface area contributed by atoms with Crippen LogP contribution in [0, 0.1) is 0 Å². The smallest absolute Gasteiger partial charge is 0.217 e. The number of hydrogen-bond donors (Lipinski definition) is 2. The summed E-state index contributed by atoms with van der Waals surface area (Å²) >= 11 is 0. The summed E-state index contributed by atoms with van der Waals surface area (Å²) in [5.41, 5.74) is 3.07. The predicted molar refractivity (Wildman–Crippen MR) is 89.3 cm³/mol. The molecule has 0 heterocycles. The van der Waals surface area contributed by atoms with Gasteiger partial charge in [-0.1, -0.05) is 66.7 Å². The molecule has 0 spiro atoms. The molecule has 1 amide bonds. The van der Waals surface area contributed by atoms with Gasteiger partial charge < -0.3 is 10.4 Å². The van der Waals surface area contributed by atoms with Crippen molar-refractivity contribution < 1.29 is 9.90 Å². The fourth-order valence-electron chi connectivity index (χ4n) is 2.18. The first-order valence-electron chi connectivity index (χ1n) is 7.38. The molecule has 0 aromatic heterocycles. The van der Waals surface area contributed by atoms with Crippen molar-refractivity contribution in [3.05, 3.63) is 77.4 Å². The quantitative estimate of drug-likeness (QED) is 0.860. The maximum absolute atomic E-state index is 10.8. The summed E-state index contributed by atoms with van der Waals surface area (Å²) in [5, 5.41) is 13.0. The molecule has 0 saturated heterocycles. The topological polar surface area (TPSA) is 49.3 Å². The molecule has 0 radical (unpaired) electrons. The molecule has 1 unspecified atom stereocenters.